The lowest BCUT2D eigenvalue weighted by molar-refractivity contribution is 0.0523. The Balaban J connectivity index is 1.50. The molecule has 3 aromatic carbocycles. The summed E-state index contributed by atoms with van der Waals surface area (Å²) in [5.74, 6) is -0.307. The summed E-state index contributed by atoms with van der Waals surface area (Å²) < 4.78 is 32.0. The molecule has 0 fully saturated rings. The maximum absolute atomic E-state index is 12.7. The molecule has 9 heteroatoms. The Bertz CT molecular complexity index is 1280. The van der Waals surface area contributed by atoms with E-state index in [0.29, 0.717) is 6.61 Å². The second kappa shape index (κ2) is 17.9. The van der Waals surface area contributed by atoms with E-state index in [1.807, 2.05) is 36.4 Å². The molecule has 0 aliphatic heterocycles. The van der Waals surface area contributed by atoms with Crippen LogP contribution in [0.2, 0.25) is 5.02 Å². The molecular formula is C32H42ClNO6S. The summed E-state index contributed by atoms with van der Waals surface area (Å²) in [5, 5.41) is 12.0. The van der Waals surface area contributed by atoms with Crippen molar-refractivity contribution in [3.05, 3.63) is 64.7 Å². The highest BCUT2D eigenvalue weighted by Crippen LogP contribution is 2.33. The number of phenolic OH excluding ortho intramolecular Hbond substituents is 1. The van der Waals surface area contributed by atoms with Crippen LogP contribution in [0.5, 0.6) is 11.5 Å². The number of rotatable bonds is 19. The van der Waals surface area contributed by atoms with Crippen molar-refractivity contribution in [3.8, 4) is 11.5 Å². The summed E-state index contributed by atoms with van der Waals surface area (Å²) in [6.07, 6.45) is 12.8. The van der Waals surface area contributed by atoms with Gasteiger partial charge in [-0.2, -0.15) is 0 Å². The Morgan fingerprint density at radius 3 is 2.24 bits per heavy atom. The number of carbonyl (C=O) groups is 1. The van der Waals surface area contributed by atoms with Gasteiger partial charge in [0.05, 0.1) is 30.5 Å². The van der Waals surface area contributed by atoms with Gasteiger partial charge in [-0.05, 0) is 42.5 Å². The molecule has 2 N–H and O–H groups in total. The van der Waals surface area contributed by atoms with E-state index in [4.69, 9.17) is 25.3 Å². The summed E-state index contributed by atoms with van der Waals surface area (Å²) >= 11 is 4.10. The van der Waals surface area contributed by atoms with Crippen LogP contribution in [0.25, 0.3) is 10.8 Å². The first-order valence-electron chi connectivity index (χ1n) is 14.6. The van der Waals surface area contributed by atoms with Crippen LogP contribution >= 0.6 is 11.6 Å². The van der Waals surface area contributed by atoms with Crippen molar-refractivity contribution < 1.29 is 27.8 Å². The molecule has 7 nitrogen and oxygen atoms in total. The molecule has 0 aliphatic carbocycles. The number of esters is 1. The van der Waals surface area contributed by atoms with Crippen LogP contribution in [0.1, 0.15) is 94.0 Å². The Labute approximate surface area is 251 Å². The molecule has 0 saturated carbocycles. The van der Waals surface area contributed by atoms with Crippen LogP contribution in [0, 0.1) is 0 Å². The Morgan fingerprint density at radius 1 is 0.902 bits per heavy atom. The number of benzene rings is 3. The van der Waals surface area contributed by atoms with Crippen molar-refractivity contribution in [2.24, 2.45) is 0 Å². The van der Waals surface area contributed by atoms with Crippen LogP contribution in [0.4, 0.5) is 5.69 Å². The second-order valence-corrected chi connectivity index (χ2v) is 11.3. The molecule has 0 radical (unpaired) electrons. The zero-order valence-corrected chi connectivity index (χ0v) is 25.7. The molecule has 41 heavy (non-hydrogen) atoms. The van der Waals surface area contributed by atoms with Crippen LogP contribution in [0.15, 0.2) is 48.5 Å². The smallest absolute Gasteiger partial charge is 0.342 e. The lowest BCUT2D eigenvalue weighted by Crippen LogP contribution is -2.10. The molecule has 0 amide bonds. The minimum absolute atomic E-state index is 0.0746. The lowest BCUT2D eigenvalue weighted by Gasteiger charge is -2.13. The zero-order chi connectivity index (χ0) is 29.5. The molecule has 0 saturated heterocycles. The van der Waals surface area contributed by atoms with Gasteiger partial charge in [0.2, 0.25) is 0 Å². The second-order valence-electron chi connectivity index (χ2n) is 9.97. The largest absolute Gasteiger partial charge is 0.505 e. The van der Waals surface area contributed by atoms with Gasteiger partial charge in [0, 0.05) is 5.39 Å². The summed E-state index contributed by atoms with van der Waals surface area (Å²) in [7, 11) is 0. The van der Waals surface area contributed by atoms with Crippen molar-refractivity contribution in [2.75, 3.05) is 17.9 Å². The third-order valence-corrected chi connectivity index (χ3v) is 7.83. The van der Waals surface area contributed by atoms with Gasteiger partial charge in [-0.3, -0.25) is 8.91 Å². The van der Waals surface area contributed by atoms with E-state index >= 15 is 0 Å². The fourth-order valence-corrected chi connectivity index (χ4v) is 5.44. The number of fused-ring (bicyclic) bond motifs is 1. The Hall–Kier alpha value is -2.81. The van der Waals surface area contributed by atoms with Gasteiger partial charge in [-0.25, -0.2) is 9.00 Å². The number of carbonyl (C=O) groups excluding carboxylic acids is 1. The maximum atomic E-state index is 12.7. The molecule has 1 unspecified atom stereocenters. The van der Waals surface area contributed by atoms with Gasteiger partial charge in [-0.1, -0.05) is 107 Å². The molecule has 0 aliphatic rings. The highest BCUT2D eigenvalue weighted by Gasteiger charge is 2.18. The number of ether oxygens (including phenoxy) is 2. The van der Waals surface area contributed by atoms with Crippen LogP contribution in [-0.4, -0.2) is 28.5 Å². The molecule has 224 valence electrons. The van der Waals surface area contributed by atoms with Crippen LogP contribution in [-0.2, 0) is 26.8 Å². The predicted octanol–water partition coefficient (Wildman–Crippen LogP) is 8.88. The van der Waals surface area contributed by atoms with E-state index in [-0.39, 0.29) is 29.5 Å². The molecule has 0 bridgehead atoms. The number of anilines is 1. The van der Waals surface area contributed by atoms with Gasteiger partial charge >= 0.3 is 5.97 Å². The molecule has 3 aromatic rings. The molecular weight excluding hydrogens is 562 g/mol. The average Bonchev–Trinajstić information content (AvgIpc) is 2.97. The van der Waals surface area contributed by atoms with Crippen LogP contribution in [0.3, 0.4) is 0 Å². The number of nitrogens with one attached hydrogen (secondary N) is 1. The van der Waals surface area contributed by atoms with Gasteiger partial charge in [0.1, 0.15) is 17.1 Å². The predicted molar refractivity (Wildman–Crippen MR) is 167 cm³/mol. The number of aromatic hydroxyl groups is 1. The fourth-order valence-electron chi connectivity index (χ4n) is 4.62. The standard InChI is InChI=1S/C32H42ClNO6S/c1-3-5-6-7-8-9-10-11-12-15-20-39-30-19-18-24(26-16-13-14-17-27(26)30)23-40-41(37)34-25-21-28(32(36)38-4-2)31(35)29(33)22-25/h13-14,16-19,21-22,34-35H,3-12,15,20,23H2,1-2H3. The summed E-state index contributed by atoms with van der Waals surface area (Å²) in [5.41, 5.74) is 0.978. The topological polar surface area (TPSA) is 94.1 Å². The van der Waals surface area contributed by atoms with Crippen molar-refractivity contribution in [3.63, 3.8) is 0 Å². The molecule has 1 atom stereocenters. The Morgan fingerprint density at radius 2 is 1.56 bits per heavy atom. The SMILES string of the molecule is CCCCCCCCCCCCOc1ccc(COS(=O)Nc2cc(Cl)c(O)c(C(=O)OCC)c2)c2ccccc12. The normalized spacial score (nSPS) is 11.9. The summed E-state index contributed by atoms with van der Waals surface area (Å²) in [6.45, 7) is 4.80. The van der Waals surface area contributed by atoms with Gasteiger partial charge < -0.3 is 14.6 Å². The first-order chi connectivity index (χ1) is 19.9. The van der Waals surface area contributed by atoms with E-state index in [2.05, 4.69) is 11.6 Å². The van der Waals surface area contributed by atoms with Crippen molar-refractivity contribution in [2.45, 2.75) is 84.7 Å². The van der Waals surface area contributed by atoms with Crippen molar-refractivity contribution in [1.29, 1.82) is 0 Å². The van der Waals surface area contributed by atoms with Crippen molar-refractivity contribution in [1.82, 2.24) is 0 Å². The highest BCUT2D eigenvalue weighted by atomic mass is 35.5. The fraction of sp³-hybridized carbons (Fsp3) is 0.469. The van der Waals surface area contributed by atoms with E-state index in [1.165, 1.54) is 69.9 Å². The van der Waals surface area contributed by atoms with Gasteiger partial charge in [-0.15, -0.1) is 0 Å². The van der Waals surface area contributed by atoms with Gasteiger partial charge in [0.15, 0.2) is 0 Å². The van der Waals surface area contributed by atoms with Crippen LogP contribution < -0.4 is 9.46 Å². The van der Waals surface area contributed by atoms with Crippen molar-refractivity contribution >= 4 is 45.3 Å². The first-order valence-corrected chi connectivity index (χ1v) is 16.0. The number of hydrogen-bond donors (Lipinski definition) is 2. The number of hydrogen-bond acceptors (Lipinski definition) is 6. The third-order valence-electron chi connectivity index (χ3n) is 6.81. The molecule has 0 spiro atoms. The zero-order valence-electron chi connectivity index (χ0n) is 24.1. The molecule has 3 rings (SSSR count). The van der Waals surface area contributed by atoms with E-state index in [9.17, 15) is 14.1 Å². The Kier molecular flexibility index (Phi) is 14.3. The maximum Gasteiger partial charge on any atom is 0.342 e. The number of phenols is 1. The minimum Gasteiger partial charge on any atom is -0.505 e. The average molecular weight is 604 g/mol. The van der Waals surface area contributed by atoms with E-state index in [0.717, 1.165) is 28.5 Å². The van der Waals surface area contributed by atoms with Gasteiger partial charge in [0.25, 0.3) is 11.3 Å². The first kappa shape index (κ1) is 32.7. The summed E-state index contributed by atoms with van der Waals surface area (Å²) in [4.78, 5) is 12.1. The number of halogens is 1. The van der Waals surface area contributed by atoms with E-state index < -0.39 is 23.0 Å². The number of unbranched alkanes of at least 4 members (excludes halogenated alkanes) is 9. The minimum atomic E-state index is -1.95. The third kappa shape index (κ3) is 10.5. The molecule has 0 heterocycles. The lowest BCUT2D eigenvalue weighted by atomic mass is 10.0. The monoisotopic (exact) mass is 603 g/mol. The molecule has 0 aromatic heterocycles. The van der Waals surface area contributed by atoms with E-state index in [1.54, 1.807) is 6.92 Å². The quantitative estimate of drug-likeness (QED) is 0.0807. The summed E-state index contributed by atoms with van der Waals surface area (Å²) in [6, 6.07) is 14.4. The highest BCUT2D eigenvalue weighted by molar-refractivity contribution is 7.81.